The van der Waals surface area contributed by atoms with Gasteiger partial charge in [-0.05, 0) is 31.7 Å². The van der Waals surface area contributed by atoms with Crippen LogP contribution in [0.25, 0.3) is 0 Å². The van der Waals surface area contributed by atoms with Crippen LogP contribution in [0.3, 0.4) is 0 Å². The molecule has 1 heterocycles. The smallest absolute Gasteiger partial charge is 0.354 e. The average Bonchev–Trinajstić information content (AvgIpc) is 2.68. The predicted octanol–water partition coefficient (Wildman–Crippen LogP) is 1.07. The van der Waals surface area contributed by atoms with E-state index in [0.717, 1.165) is 30.5 Å². The predicted molar refractivity (Wildman–Crippen MR) is 61.2 cm³/mol. The molecule has 17 heavy (non-hydrogen) atoms. The van der Waals surface area contributed by atoms with Crippen molar-refractivity contribution in [1.82, 2.24) is 4.98 Å². The maximum atomic E-state index is 11.1. The minimum Gasteiger partial charge on any atom is -0.477 e. The van der Waals surface area contributed by atoms with Gasteiger partial charge in [-0.3, -0.25) is 0 Å². The van der Waals surface area contributed by atoms with E-state index in [2.05, 4.69) is 10.3 Å². The van der Waals surface area contributed by atoms with Gasteiger partial charge < -0.3 is 16.2 Å². The number of hydrogen-bond donors (Lipinski definition) is 3. The number of carbonyl (C=O) groups is 2. The SMILES string of the molecule is Cc1c(C(=O)O)nc2c(c1NC(N)=O)CCC2. The summed E-state index contributed by atoms with van der Waals surface area (Å²) in [6.07, 6.45) is 2.44. The van der Waals surface area contributed by atoms with Crippen LogP contribution in [-0.4, -0.2) is 22.1 Å². The highest BCUT2D eigenvalue weighted by atomic mass is 16.4. The molecule has 0 saturated heterocycles. The van der Waals surface area contributed by atoms with Crippen molar-refractivity contribution in [3.05, 3.63) is 22.5 Å². The standard InChI is InChI=1S/C11H13N3O3/c1-5-8(14-11(12)17)6-3-2-4-7(6)13-9(5)10(15)16/h2-4H2,1H3,(H,15,16)(H3,12,13,14,17). The number of aryl methyl sites for hydroxylation is 1. The summed E-state index contributed by atoms with van der Waals surface area (Å²) in [5.74, 6) is -1.09. The molecule has 0 unspecified atom stereocenters. The Kier molecular flexibility index (Phi) is 2.71. The number of nitrogens with one attached hydrogen (secondary N) is 1. The average molecular weight is 235 g/mol. The number of carboxylic acid groups (broad SMARTS) is 1. The number of carboxylic acids is 1. The summed E-state index contributed by atoms with van der Waals surface area (Å²) in [5, 5.41) is 11.6. The number of pyridine rings is 1. The molecule has 0 aromatic carbocycles. The fraction of sp³-hybridized carbons (Fsp3) is 0.364. The Hall–Kier alpha value is -2.11. The minimum atomic E-state index is -1.09. The first-order chi connectivity index (χ1) is 8.00. The van der Waals surface area contributed by atoms with Gasteiger partial charge >= 0.3 is 12.0 Å². The molecule has 0 bridgehead atoms. The molecule has 90 valence electrons. The van der Waals surface area contributed by atoms with Crippen LogP contribution < -0.4 is 11.1 Å². The molecule has 1 aliphatic carbocycles. The summed E-state index contributed by atoms with van der Waals surface area (Å²) in [4.78, 5) is 26.1. The van der Waals surface area contributed by atoms with E-state index in [0.29, 0.717) is 11.3 Å². The van der Waals surface area contributed by atoms with Crippen molar-refractivity contribution in [2.24, 2.45) is 5.73 Å². The second kappa shape index (κ2) is 4.04. The van der Waals surface area contributed by atoms with Gasteiger partial charge in [-0.1, -0.05) is 0 Å². The first-order valence-electron chi connectivity index (χ1n) is 5.32. The largest absolute Gasteiger partial charge is 0.477 e. The molecule has 1 aliphatic rings. The van der Waals surface area contributed by atoms with Crippen LogP contribution in [0.15, 0.2) is 0 Å². The number of amides is 2. The van der Waals surface area contributed by atoms with Crippen molar-refractivity contribution in [2.75, 3.05) is 5.32 Å². The lowest BCUT2D eigenvalue weighted by molar-refractivity contribution is 0.0689. The van der Waals surface area contributed by atoms with Gasteiger partial charge in [0, 0.05) is 11.3 Å². The molecule has 0 radical (unpaired) electrons. The molecule has 1 aromatic rings. The number of aromatic carboxylic acids is 1. The summed E-state index contributed by atoms with van der Waals surface area (Å²) in [5.41, 5.74) is 7.70. The summed E-state index contributed by atoms with van der Waals surface area (Å²) < 4.78 is 0. The Morgan fingerprint density at radius 3 is 2.71 bits per heavy atom. The van der Waals surface area contributed by atoms with Crippen LogP contribution in [0, 0.1) is 6.92 Å². The van der Waals surface area contributed by atoms with Gasteiger partial charge in [-0.25, -0.2) is 14.6 Å². The Labute approximate surface area is 97.8 Å². The van der Waals surface area contributed by atoms with Gasteiger partial charge in [0.05, 0.1) is 5.69 Å². The van der Waals surface area contributed by atoms with Gasteiger partial charge in [-0.2, -0.15) is 0 Å². The molecule has 2 rings (SSSR count). The molecule has 0 saturated carbocycles. The lowest BCUT2D eigenvalue weighted by Gasteiger charge is -2.13. The second-order valence-corrected chi connectivity index (χ2v) is 4.03. The van der Waals surface area contributed by atoms with E-state index in [9.17, 15) is 9.59 Å². The van der Waals surface area contributed by atoms with Crippen molar-refractivity contribution in [3.8, 4) is 0 Å². The minimum absolute atomic E-state index is 0.0191. The van der Waals surface area contributed by atoms with Crippen molar-refractivity contribution < 1.29 is 14.7 Å². The lowest BCUT2D eigenvalue weighted by atomic mass is 10.1. The number of aromatic nitrogens is 1. The fourth-order valence-electron chi connectivity index (χ4n) is 2.18. The zero-order chi connectivity index (χ0) is 12.6. The molecule has 2 amide bonds. The van der Waals surface area contributed by atoms with E-state index in [1.54, 1.807) is 6.92 Å². The summed E-state index contributed by atoms with van der Waals surface area (Å²) in [7, 11) is 0. The van der Waals surface area contributed by atoms with Crippen LogP contribution in [0.2, 0.25) is 0 Å². The maximum Gasteiger partial charge on any atom is 0.354 e. The highest BCUT2D eigenvalue weighted by molar-refractivity contribution is 5.94. The molecule has 1 aromatic heterocycles. The Balaban J connectivity index is 2.62. The van der Waals surface area contributed by atoms with Gasteiger partial charge in [0.1, 0.15) is 0 Å². The number of urea groups is 1. The summed E-state index contributed by atoms with van der Waals surface area (Å²) in [6, 6.07) is -0.690. The molecule has 6 nitrogen and oxygen atoms in total. The molecule has 0 fully saturated rings. The number of nitrogens with zero attached hydrogens (tertiary/aromatic N) is 1. The highest BCUT2D eigenvalue weighted by Gasteiger charge is 2.24. The fourth-order valence-corrected chi connectivity index (χ4v) is 2.18. The Morgan fingerprint density at radius 2 is 2.12 bits per heavy atom. The summed E-state index contributed by atoms with van der Waals surface area (Å²) >= 11 is 0. The third-order valence-electron chi connectivity index (χ3n) is 2.92. The number of rotatable bonds is 2. The number of fused-ring (bicyclic) bond motifs is 1. The molecular formula is C11H13N3O3. The zero-order valence-corrected chi connectivity index (χ0v) is 9.41. The molecular weight excluding hydrogens is 222 g/mol. The van der Waals surface area contributed by atoms with Crippen molar-refractivity contribution in [1.29, 1.82) is 0 Å². The van der Waals surface area contributed by atoms with Gasteiger partial charge in [0.2, 0.25) is 0 Å². The van der Waals surface area contributed by atoms with E-state index in [4.69, 9.17) is 10.8 Å². The number of carbonyl (C=O) groups excluding carboxylic acids is 1. The van der Waals surface area contributed by atoms with Crippen molar-refractivity contribution >= 4 is 17.7 Å². The molecule has 0 atom stereocenters. The van der Waals surface area contributed by atoms with Crippen molar-refractivity contribution in [3.63, 3.8) is 0 Å². The second-order valence-electron chi connectivity index (χ2n) is 4.03. The normalized spacial score (nSPS) is 13.2. The summed E-state index contributed by atoms with van der Waals surface area (Å²) in [6.45, 7) is 1.63. The van der Waals surface area contributed by atoms with Crippen LogP contribution >= 0.6 is 0 Å². The zero-order valence-electron chi connectivity index (χ0n) is 9.41. The van der Waals surface area contributed by atoms with Gasteiger partial charge in [0.15, 0.2) is 5.69 Å². The lowest BCUT2D eigenvalue weighted by Crippen LogP contribution is -2.22. The number of anilines is 1. The molecule has 4 N–H and O–H groups in total. The van der Waals surface area contributed by atoms with E-state index < -0.39 is 12.0 Å². The highest BCUT2D eigenvalue weighted by Crippen LogP contribution is 2.31. The number of primary amides is 1. The number of nitrogens with two attached hydrogens (primary N) is 1. The van der Waals surface area contributed by atoms with E-state index in [1.807, 2.05) is 0 Å². The van der Waals surface area contributed by atoms with Gasteiger partial charge in [0.25, 0.3) is 0 Å². The molecule has 0 aliphatic heterocycles. The topological polar surface area (TPSA) is 105 Å². The Morgan fingerprint density at radius 1 is 1.41 bits per heavy atom. The van der Waals surface area contributed by atoms with Gasteiger partial charge in [-0.15, -0.1) is 0 Å². The molecule has 0 spiro atoms. The van der Waals surface area contributed by atoms with E-state index in [1.165, 1.54) is 0 Å². The third-order valence-corrected chi connectivity index (χ3v) is 2.92. The van der Waals surface area contributed by atoms with E-state index in [-0.39, 0.29) is 5.69 Å². The van der Waals surface area contributed by atoms with Crippen LogP contribution in [0.4, 0.5) is 10.5 Å². The quantitative estimate of drug-likeness (QED) is 0.712. The third kappa shape index (κ3) is 1.93. The number of hydrogen-bond acceptors (Lipinski definition) is 3. The maximum absolute atomic E-state index is 11.1. The Bertz CT molecular complexity index is 511. The monoisotopic (exact) mass is 235 g/mol. The van der Waals surface area contributed by atoms with Crippen LogP contribution in [-0.2, 0) is 12.8 Å². The van der Waals surface area contributed by atoms with E-state index >= 15 is 0 Å². The van der Waals surface area contributed by atoms with Crippen LogP contribution in [0.5, 0.6) is 0 Å². The first kappa shape index (κ1) is 11.4. The molecule has 6 heteroatoms. The first-order valence-corrected chi connectivity index (χ1v) is 5.32. The van der Waals surface area contributed by atoms with Crippen molar-refractivity contribution in [2.45, 2.75) is 26.2 Å². The van der Waals surface area contributed by atoms with Crippen LogP contribution in [0.1, 0.15) is 33.7 Å².